The average molecular weight is 311 g/mol. The van der Waals surface area contributed by atoms with Crippen LogP contribution >= 0.6 is 0 Å². The molecule has 0 aliphatic carbocycles. The highest BCUT2D eigenvalue weighted by Gasteiger charge is 2.36. The number of halogens is 3. The van der Waals surface area contributed by atoms with E-state index in [2.05, 4.69) is 15.3 Å². The Labute approximate surface area is 125 Å². The molecule has 0 spiro atoms. The van der Waals surface area contributed by atoms with Crippen LogP contribution in [0, 0.1) is 5.92 Å². The van der Waals surface area contributed by atoms with E-state index in [1.54, 1.807) is 22.0 Å². The van der Waals surface area contributed by atoms with Crippen molar-refractivity contribution < 1.29 is 13.2 Å². The molecule has 0 bridgehead atoms. The van der Waals surface area contributed by atoms with Gasteiger partial charge in [0, 0.05) is 32.0 Å². The third-order valence-electron chi connectivity index (χ3n) is 3.92. The van der Waals surface area contributed by atoms with Crippen molar-refractivity contribution in [2.24, 2.45) is 5.92 Å². The Balaban J connectivity index is 1.67. The molecule has 22 heavy (non-hydrogen) atoms. The largest absolute Gasteiger partial charge is 0.419 e. The smallest absolute Gasteiger partial charge is 0.356 e. The summed E-state index contributed by atoms with van der Waals surface area (Å²) in [5, 5.41) is 7.68. The van der Waals surface area contributed by atoms with Crippen LogP contribution in [0.25, 0.3) is 0 Å². The van der Waals surface area contributed by atoms with E-state index >= 15 is 0 Å². The maximum atomic E-state index is 13.0. The van der Waals surface area contributed by atoms with Gasteiger partial charge >= 0.3 is 6.18 Å². The molecule has 3 heterocycles. The van der Waals surface area contributed by atoms with Crippen LogP contribution in [0.15, 0.2) is 30.7 Å². The number of anilines is 1. The Morgan fingerprint density at radius 1 is 1.18 bits per heavy atom. The molecule has 5 nitrogen and oxygen atoms in total. The number of alkyl halides is 3. The molecule has 8 heteroatoms. The summed E-state index contributed by atoms with van der Waals surface area (Å²) in [6.07, 6.45) is 2.08. The van der Waals surface area contributed by atoms with Gasteiger partial charge in [-0.15, -0.1) is 5.10 Å². The van der Waals surface area contributed by atoms with Crippen LogP contribution in [-0.2, 0) is 12.7 Å². The summed E-state index contributed by atoms with van der Waals surface area (Å²) in [5.41, 5.74) is -0.662. The summed E-state index contributed by atoms with van der Waals surface area (Å²) in [7, 11) is 0. The first-order chi connectivity index (χ1) is 10.5. The molecule has 1 aliphatic rings. The number of pyridine rings is 1. The molecule has 0 N–H and O–H groups in total. The van der Waals surface area contributed by atoms with Crippen LogP contribution in [0.1, 0.15) is 18.4 Å². The lowest BCUT2D eigenvalue weighted by molar-refractivity contribution is -0.137. The predicted molar refractivity (Wildman–Crippen MR) is 74.2 cm³/mol. The van der Waals surface area contributed by atoms with Crippen LogP contribution in [-0.4, -0.2) is 33.1 Å². The Bertz CT molecular complexity index is 603. The van der Waals surface area contributed by atoms with Crippen LogP contribution in [0.3, 0.4) is 0 Å². The molecule has 2 aromatic heterocycles. The SMILES string of the molecule is FC(F)(F)c1cccnc1N1CCC(Cn2ccnn2)CC1. The zero-order valence-electron chi connectivity index (χ0n) is 11.9. The molecule has 1 saturated heterocycles. The van der Waals surface area contributed by atoms with Gasteiger partial charge in [0.25, 0.3) is 0 Å². The Morgan fingerprint density at radius 3 is 2.59 bits per heavy atom. The van der Waals surface area contributed by atoms with Crippen molar-refractivity contribution in [3.8, 4) is 0 Å². The maximum absolute atomic E-state index is 13.0. The Morgan fingerprint density at radius 2 is 1.95 bits per heavy atom. The van der Waals surface area contributed by atoms with Crippen molar-refractivity contribution in [2.75, 3.05) is 18.0 Å². The second kappa shape index (κ2) is 5.94. The lowest BCUT2D eigenvalue weighted by Crippen LogP contribution is -2.36. The van der Waals surface area contributed by atoms with E-state index in [1.807, 2.05) is 0 Å². The van der Waals surface area contributed by atoms with Crippen molar-refractivity contribution in [2.45, 2.75) is 25.6 Å². The lowest BCUT2D eigenvalue weighted by Gasteiger charge is -2.33. The minimum atomic E-state index is -4.37. The molecule has 0 aromatic carbocycles. The van der Waals surface area contributed by atoms with Gasteiger partial charge in [0.1, 0.15) is 5.82 Å². The normalized spacial score (nSPS) is 17.0. The van der Waals surface area contributed by atoms with E-state index < -0.39 is 11.7 Å². The number of piperidine rings is 1. The second-order valence-corrected chi connectivity index (χ2v) is 5.43. The van der Waals surface area contributed by atoms with Crippen LogP contribution in [0.2, 0.25) is 0 Å². The van der Waals surface area contributed by atoms with E-state index in [0.29, 0.717) is 19.0 Å². The van der Waals surface area contributed by atoms with Gasteiger partial charge in [-0.2, -0.15) is 13.2 Å². The number of hydrogen-bond acceptors (Lipinski definition) is 4. The zero-order valence-corrected chi connectivity index (χ0v) is 11.9. The lowest BCUT2D eigenvalue weighted by atomic mass is 9.96. The number of aromatic nitrogens is 4. The fraction of sp³-hybridized carbons (Fsp3) is 0.500. The zero-order chi connectivity index (χ0) is 15.6. The second-order valence-electron chi connectivity index (χ2n) is 5.43. The van der Waals surface area contributed by atoms with Crippen molar-refractivity contribution in [1.29, 1.82) is 0 Å². The highest BCUT2D eigenvalue weighted by atomic mass is 19.4. The van der Waals surface area contributed by atoms with Crippen molar-refractivity contribution >= 4 is 5.82 Å². The minimum absolute atomic E-state index is 0.0363. The van der Waals surface area contributed by atoms with Gasteiger partial charge in [-0.1, -0.05) is 5.21 Å². The van der Waals surface area contributed by atoms with E-state index in [0.717, 1.165) is 25.5 Å². The number of hydrogen-bond donors (Lipinski definition) is 0. The molecule has 1 fully saturated rings. The maximum Gasteiger partial charge on any atom is 0.419 e. The highest BCUT2D eigenvalue weighted by Crippen LogP contribution is 2.36. The van der Waals surface area contributed by atoms with Crippen LogP contribution < -0.4 is 4.90 Å². The molecule has 0 saturated carbocycles. The number of nitrogens with zero attached hydrogens (tertiary/aromatic N) is 5. The highest BCUT2D eigenvalue weighted by molar-refractivity contribution is 5.48. The predicted octanol–water partition coefficient (Wildman–Crippen LogP) is 2.61. The summed E-state index contributed by atoms with van der Waals surface area (Å²) in [5.74, 6) is 0.435. The van der Waals surface area contributed by atoms with E-state index in [4.69, 9.17) is 0 Å². The Hall–Kier alpha value is -2.12. The summed E-state index contributed by atoms with van der Waals surface area (Å²) >= 11 is 0. The number of rotatable bonds is 3. The van der Waals surface area contributed by atoms with Crippen molar-refractivity contribution in [1.82, 2.24) is 20.0 Å². The molecular formula is C14H16F3N5. The third-order valence-corrected chi connectivity index (χ3v) is 3.92. The van der Waals surface area contributed by atoms with Gasteiger partial charge in [-0.25, -0.2) is 4.98 Å². The molecule has 118 valence electrons. The van der Waals surface area contributed by atoms with Gasteiger partial charge in [-0.3, -0.25) is 4.68 Å². The fourth-order valence-corrected chi connectivity index (χ4v) is 2.79. The summed E-state index contributed by atoms with van der Waals surface area (Å²) in [4.78, 5) is 5.67. The van der Waals surface area contributed by atoms with Crippen LogP contribution in [0.5, 0.6) is 0 Å². The topological polar surface area (TPSA) is 46.8 Å². The Kier molecular flexibility index (Phi) is 4.00. The summed E-state index contributed by atoms with van der Waals surface area (Å²) in [6, 6.07) is 2.41. The molecule has 2 aromatic rings. The van der Waals surface area contributed by atoms with Gasteiger partial charge in [-0.05, 0) is 30.9 Å². The molecule has 3 rings (SSSR count). The van der Waals surface area contributed by atoms with E-state index in [1.165, 1.54) is 12.3 Å². The van der Waals surface area contributed by atoms with Gasteiger partial charge < -0.3 is 4.90 Å². The molecule has 0 atom stereocenters. The van der Waals surface area contributed by atoms with E-state index in [-0.39, 0.29) is 5.82 Å². The fourth-order valence-electron chi connectivity index (χ4n) is 2.79. The molecular weight excluding hydrogens is 295 g/mol. The summed E-state index contributed by atoms with van der Waals surface area (Å²) < 4.78 is 40.9. The van der Waals surface area contributed by atoms with Crippen molar-refractivity contribution in [3.05, 3.63) is 36.3 Å². The minimum Gasteiger partial charge on any atom is -0.356 e. The van der Waals surface area contributed by atoms with E-state index in [9.17, 15) is 13.2 Å². The van der Waals surface area contributed by atoms with Gasteiger partial charge in [0.15, 0.2) is 0 Å². The quantitative estimate of drug-likeness (QED) is 0.874. The van der Waals surface area contributed by atoms with Gasteiger partial charge in [0.05, 0.1) is 11.8 Å². The third kappa shape index (κ3) is 3.20. The molecule has 1 aliphatic heterocycles. The monoisotopic (exact) mass is 311 g/mol. The molecule has 0 radical (unpaired) electrons. The average Bonchev–Trinajstić information content (AvgIpc) is 3.00. The molecule has 0 amide bonds. The van der Waals surface area contributed by atoms with Gasteiger partial charge in [0.2, 0.25) is 0 Å². The first-order valence-electron chi connectivity index (χ1n) is 7.15. The first kappa shape index (κ1) is 14.8. The summed E-state index contributed by atoms with van der Waals surface area (Å²) in [6.45, 7) is 1.89. The van der Waals surface area contributed by atoms with Crippen molar-refractivity contribution in [3.63, 3.8) is 0 Å². The molecule has 0 unspecified atom stereocenters. The standard InChI is InChI=1S/C14H16F3N5/c15-14(16,17)12-2-1-5-18-13(12)21-7-3-11(4-8-21)10-22-9-6-19-20-22/h1-2,5-6,9,11H,3-4,7-8,10H2. The van der Waals surface area contributed by atoms with Crippen LogP contribution in [0.4, 0.5) is 19.0 Å². The first-order valence-corrected chi connectivity index (χ1v) is 7.15.